The molecular weight excluding hydrogens is 328 g/mol. The Hall–Kier alpha value is -2.15. The first-order valence-corrected chi connectivity index (χ1v) is 9.69. The van der Waals surface area contributed by atoms with Gasteiger partial charge in [-0.05, 0) is 31.9 Å². The van der Waals surface area contributed by atoms with Crippen molar-refractivity contribution < 1.29 is 17.6 Å². The van der Waals surface area contributed by atoms with Crippen molar-refractivity contribution in [2.24, 2.45) is 0 Å². The molecule has 0 unspecified atom stereocenters. The van der Waals surface area contributed by atoms with Gasteiger partial charge in [-0.1, -0.05) is 18.2 Å². The summed E-state index contributed by atoms with van der Waals surface area (Å²) in [5.41, 5.74) is 1.09. The van der Waals surface area contributed by atoms with Crippen LogP contribution in [-0.2, 0) is 20.4 Å². The van der Waals surface area contributed by atoms with Crippen molar-refractivity contribution in [1.29, 1.82) is 0 Å². The molecule has 1 amide bonds. The Morgan fingerprint density at radius 1 is 1.25 bits per heavy atom. The van der Waals surface area contributed by atoms with Gasteiger partial charge in [-0.25, -0.2) is 13.4 Å². The number of likely N-dealkylation sites (tertiary alicyclic amines) is 1. The molecule has 1 atom stereocenters. The summed E-state index contributed by atoms with van der Waals surface area (Å²) >= 11 is 0. The summed E-state index contributed by atoms with van der Waals surface area (Å²) in [6, 6.07) is 9.26. The van der Waals surface area contributed by atoms with Gasteiger partial charge in [0.25, 0.3) is 0 Å². The number of nitrogens with zero attached hydrogens (tertiary/aromatic N) is 2. The Labute approximate surface area is 141 Å². The second kappa shape index (κ2) is 6.76. The molecule has 1 aliphatic heterocycles. The summed E-state index contributed by atoms with van der Waals surface area (Å²) in [7, 11) is -3.63. The SMILES string of the molecule is C[C@H](C(=O)N1CCCC1)S(=O)(=O)Cc1coc(-c2ccccc2)n1. The molecule has 0 aliphatic carbocycles. The molecule has 1 aromatic heterocycles. The highest BCUT2D eigenvalue weighted by Crippen LogP contribution is 2.21. The number of hydrogen-bond acceptors (Lipinski definition) is 5. The van der Waals surface area contributed by atoms with Crippen molar-refractivity contribution in [3.05, 3.63) is 42.3 Å². The maximum absolute atomic E-state index is 12.5. The van der Waals surface area contributed by atoms with E-state index >= 15 is 0 Å². The van der Waals surface area contributed by atoms with E-state index in [1.54, 1.807) is 4.90 Å². The van der Waals surface area contributed by atoms with Crippen LogP contribution in [-0.4, -0.2) is 42.5 Å². The van der Waals surface area contributed by atoms with Crippen LogP contribution in [0.15, 0.2) is 41.0 Å². The number of oxazole rings is 1. The van der Waals surface area contributed by atoms with Crippen LogP contribution in [0, 0.1) is 0 Å². The maximum Gasteiger partial charge on any atom is 0.240 e. The van der Waals surface area contributed by atoms with Crippen LogP contribution in [0.2, 0.25) is 0 Å². The zero-order chi connectivity index (χ0) is 17.2. The number of hydrogen-bond donors (Lipinski definition) is 0. The highest BCUT2D eigenvalue weighted by atomic mass is 32.2. The molecule has 2 aromatic rings. The Morgan fingerprint density at radius 3 is 2.58 bits per heavy atom. The van der Waals surface area contributed by atoms with Gasteiger partial charge >= 0.3 is 0 Å². The molecule has 1 fully saturated rings. The maximum atomic E-state index is 12.5. The van der Waals surface area contributed by atoms with Crippen LogP contribution in [0.4, 0.5) is 0 Å². The minimum absolute atomic E-state index is 0.302. The molecule has 0 bridgehead atoms. The van der Waals surface area contributed by atoms with Gasteiger partial charge in [0.2, 0.25) is 11.8 Å². The average Bonchev–Trinajstić information content (AvgIpc) is 3.25. The van der Waals surface area contributed by atoms with Crippen molar-refractivity contribution in [2.75, 3.05) is 13.1 Å². The van der Waals surface area contributed by atoms with Gasteiger partial charge < -0.3 is 9.32 Å². The van der Waals surface area contributed by atoms with E-state index in [4.69, 9.17) is 4.42 Å². The van der Waals surface area contributed by atoms with Crippen molar-refractivity contribution in [3.63, 3.8) is 0 Å². The highest BCUT2D eigenvalue weighted by molar-refractivity contribution is 7.92. The van der Waals surface area contributed by atoms with Crippen LogP contribution in [0.5, 0.6) is 0 Å². The fraction of sp³-hybridized carbons (Fsp3) is 0.412. The standard InChI is InChI=1S/C17H20N2O4S/c1-13(17(20)19-9-5-6-10-19)24(21,22)12-15-11-23-16(18-15)14-7-3-2-4-8-14/h2-4,7-8,11,13H,5-6,9-10,12H2,1H3/t13-/m1/s1. The van der Waals surface area contributed by atoms with Gasteiger partial charge in [0.15, 0.2) is 9.84 Å². The number of rotatable bonds is 5. The largest absolute Gasteiger partial charge is 0.444 e. The van der Waals surface area contributed by atoms with E-state index in [0.29, 0.717) is 24.7 Å². The Balaban J connectivity index is 1.72. The minimum Gasteiger partial charge on any atom is -0.444 e. The van der Waals surface area contributed by atoms with Crippen LogP contribution in [0.3, 0.4) is 0 Å². The summed E-state index contributed by atoms with van der Waals surface area (Å²) in [4.78, 5) is 18.2. The van der Waals surface area contributed by atoms with E-state index in [0.717, 1.165) is 18.4 Å². The predicted molar refractivity (Wildman–Crippen MR) is 89.8 cm³/mol. The smallest absolute Gasteiger partial charge is 0.240 e. The average molecular weight is 348 g/mol. The zero-order valence-corrected chi connectivity index (χ0v) is 14.3. The lowest BCUT2D eigenvalue weighted by atomic mass is 10.2. The molecule has 1 aromatic carbocycles. The van der Waals surface area contributed by atoms with Crippen LogP contribution in [0.1, 0.15) is 25.5 Å². The van der Waals surface area contributed by atoms with Gasteiger partial charge in [0.05, 0.1) is 11.4 Å². The van der Waals surface area contributed by atoms with E-state index in [9.17, 15) is 13.2 Å². The molecule has 1 aliphatic rings. The molecule has 128 valence electrons. The molecule has 2 heterocycles. The molecule has 7 heteroatoms. The summed E-state index contributed by atoms with van der Waals surface area (Å²) in [6.07, 6.45) is 3.21. The normalized spacial score (nSPS) is 16.3. The van der Waals surface area contributed by atoms with Crippen molar-refractivity contribution >= 4 is 15.7 Å². The first-order valence-electron chi connectivity index (χ1n) is 7.97. The van der Waals surface area contributed by atoms with Gasteiger partial charge in [-0.15, -0.1) is 0 Å². The summed E-state index contributed by atoms with van der Waals surface area (Å²) in [5.74, 6) is -0.247. The topological polar surface area (TPSA) is 80.5 Å². The van der Waals surface area contributed by atoms with Crippen molar-refractivity contribution in [3.8, 4) is 11.5 Å². The first kappa shape index (κ1) is 16.7. The summed E-state index contributed by atoms with van der Waals surface area (Å²) in [5, 5.41) is -1.06. The molecule has 24 heavy (non-hydrogen) atoms. The third-order valence-corrected chi connectivity index (χ3v) is 6.20. The van der Waals surface area contributed by atoms with Gasteiger partial charge in [0, 0.05) is 18.7 Å². The Kier molecular flexibility index (Phi) is 4.71. The number of carbonyl (C=O) groups is 1. The molecule has 1 saturated heterocycles. The zero-order valence-electron chi connectivity index (χ0n) is 13.5. The minimum atomic E-state index is -3.63. The second-order valence-electron chi connectivity index (χ2n) is 5.99. The molecule has 0 N–H and O–H groups in total. The monoisotopic (exact) mass is 348 g/mol. The third kappa shape index (κ3) is 3.51. The number of sulfone groups is 1. The van der Waals surface area contributed by atoms with Crippen LogP contribution in [0.25, 0.3) is 11.5 Å². The molecule has 6 nitrogen and oxygen atoms in total. The van der Waals surface area contributed by atoms with E-state index in [1.165, 1.54) is 13.2 Å². The lowest BCUT2D eigenvalue weighted by Gasteiger charge is -2.20. The number of benzene rings is 1. The van der Waals surface area contributed by atoms with Gasteiger partial charge in [-0.2, -0.15) is 0 Å². The summed E-state index contributed by atoms with van der Waals surface area (Å²) < 4.78 is 30.4. The fourth-order valence-electron chi connectivity index (χ4n) is 2.77. The number of aromatic nitrogens is 1. The molecule has 0 saturated carbocycles. The quantitative estimate of drug-likeness (QED) is 0.828. The first-order chi connectivity index (χ1) is 11.5. The van der Waals surface area contributed by atoms with Crippen LogP contribution >= 0.6 is 0 Å². The summed E-state index contributed by atoms with van der Waals surface area (Å²) in [6.45, 7) is 2.73. The van der Waals surface area contributed by atoms with Gasteiger partial charge in [0.1, 0.15) is 11.5 Å². The Morgan fingerprint density at radius 2 is 1.92 bits per heavy atom. The van der Waals surface area contributed by atoms with Crippen molar-refractivity contribution in [1.82, 2.24) is 9.88 Å². The van der Waals surface area contributed by atoms with Crippen molar-refractivity contribution in [2.45, 2.75) is 30.8 Å². The number of carbonyl (C=O) groups excluding carboxylic acids is 1. The van der Waals surface area contributed by atoms with E-state index in [2.05, 4.69) is 4.98 Å². The van der Waals surface area contributed by atoms with E-state index < -0.39 is 15.1 Å². The fourth-order valence-corrected chi connectivity index (χ4v) is 4.02. The highest BCUT2D eigenvalue weighted by Gasteiger charge is 2.33. The predicted octanol–water partition coefficient (Wildman–Crippen LogP) is 2.27. The van der Waals surface area contributed by atoms with E-state index in [1.807, 2.05) is 30.3 Å². The Bertz CT molecular complexity index is 808. The van der Waals surface area contributed by atoms with Crippen LogP contribution < -0.4 is 0 Å². The second-order valence-corrected chi connectivity index (χ2v) is 8.31. The van der Waals surface area contributed by atoms with E-state index in [-0.39, 0.29) is 11.7 Å². The number of amides is 1. The molecule has 0 radical (unpaired) electrons. The lowest BCUT2D eigenvalue weighted by molar-refractivity contribution is -0.129. The van der Waals surface area contributed by atoms with Gasteiger partial charge in [-0.3, -0.25) is 4.79 Å². The third-order valence-electron chi connectivity index (χ3n) is 4.23. The molecular formula is C17H20N2O4S. The lowest BCUT2D eigenvalue weighted by Crippen LogP contribution is -2.40. The molecule has 0 spiro atoms. The molecule has 3 rings (SSSR count).